The Hall–Kier alpha value is -1.47. The molecule has 20 heavy (non-hydrogen) atoms. The van der Waals surface area contributed by atoms with Crippen molar-refractivity contribution in [1.29, 1.82) is 0 Å². The molecular formula is C13H25N7. The van der Waals surface area contributed by atoms with Crippen molar-refractivity contribution in [3.05, 3.63) is 5.82 Å². The summed E-state index contributed by atoms with van der Waals surface area (Å²) < 4.78 is 0. The molecule has 0 spiro atoms. The lowest BCUT2D eigenvalue weighted by Gasteiger charge is -2.37. The van der Waals surface area contributed by atoms with E-state index >= 15 is 0 Å². The van der Waals surface area contributed by atoms with Crippen molar-refractivity contribution in [3.8, 4) is 0 Å². The van der Waals surface area contributed by atoms with Crippen molar-refractivity contribution < 1.29 is 0 Å². The zero-order valence-corrected chi connectivity index (χ0v) is 12.9. The Morgan fingerprint density at radius 1 is 1.15 bits per heavy atom. The molecule has 0 amide bonds. The van der Waals surface area contributed by atoms with Crippen LogP contribution in [0.15, 0.2) is 0 Å². The van der Waals surface area contributed by atoms with Crippen molar-refractivity contribution in [1.82, 2.24) is 24.8 Å². The molecule has 1 aromatic rings. The zero-order chi connectivity index (χ0) is 14.7. The normalized spacial score (nSPS) is 19.0. The fourth-order valence-corrected chi connectivity index (χ4v) is 2.41. The molecule has 1 fully saturated rings. The van der Waals surface area contributed by atoms with Gasteiger partial charge < -0.3 is 15.5 Å². The molecule has 1 saturated heterocycles. The van der Waals surface area contributed by atoms with E-state index in [1.54, 1.807) is 0 Å². The van der Waals surface area contributed by atoms with Crippen molar-refractivity contribution >= 4 is 11.9 Å². The molecule has 2 heterocycles. The second-order valence-corrected chi connectivity index (χ2v) is 5.39. The molecule has 7 heteroatoms. The average molecular weight is 279 g/mol. The molecular weight excluding hydrogens is 254 g/mol. The first kappa shape index (κ1) is 14.9. The van der Waals surface area contributed by atoms with E-state index in [0.717, 1.165) is 38.5 Å². The van der Waals surface area contributed by atoms with Gasteiger partial charge in [0.05, 0.1) is 6.04 Å². The highest BCUT2D eigenvalue weighted by Crippen LogP contribution is 2.20. The number of nitrogen functional groups attached to an aromatic ring is 1. The molecule has 0 radical (unpaired) electrons. The summed E-state index contributed by atoms with van der Waals surface area (Å²) in [4.78, 5) is 19.7. The fraction of sp³-hybridized carbons (Fsp3) is 0.769. The van der Waals surface area contributed by atoms with Gasteiger partial charge in [-0.2, -0.15) is 15.0 Å². The third-order valence-corrected chi connectivity index (χ3v) is 3.83. The fourth-order valence-electron chi connectivity index (χ4n) is 2.41. The molecule has 2 rings (SSSR count). The molecule has 112 valence electrons. The Morgan fingerprint density at radius 3 is 2.35 bits per heavy atom. The van der Waals surface area contributed by atoms with Crippen LogP contribution >= 0.6 is 0 Å². The lowest BCUT2D eigenvalue weighted by molar-refractivity contribution is 0.103. The van der Waals surface area contributed by atoms with Crippen molar-refractivity contribution in [2.24, 2.45) is 0 Å². The molecule has 7 nitrogen and oxygen atoms in total. The number of piperazine rings is 1. The molecule has 0 aliphatic carbocycles. The molecule has 1 aliphatic rings. The largest absolute Gasteiger partial charge is 0.368 e. The van der Waals surface area contributed by atoms with Gasteiger partial charge in [0.1, 0.15) is 0 Å². The summed E-state index contributed by atoms with van der Waals surface area (Å²) in [6.07, 6.45) is 0. The van der Waals surface area contributed by atoms with Crippen LogP contribution in [0.2, 0.25) is 0 Å². The van der Waals surface area contributed by atoms with Gasteiger partial charge in [-0.3, -0.25) is 4.90 Å². The Labute approximate surface area is 120 Å². The van der Waals surface area contributed by atoms with E-state index in [1.165, 1.54) is 0 Å². The molecule has 0 saturated carbocycles. The SMILES string of the molecule is CCN1CCN([C@H](C)c2nc(N)nc(N(C)C)n2)CC1. The number of aromatic nitrogens is 3. The summed E-state index contributed by atoms with van der Waals surface area (Å²) in [7, 11) is 3.81. The van der Waals surface area contributed by atoms with Crippen LogP contribution in [-0.4, -0.2) is 71.6 Å². The van der Waals surface area contributed by atoms with Crippen LogP contribution in [0.25, 0.3) is 0 Å². The predicted molar refractivity (Wildman–Crippen MR) is 80.7 cm³/mol. The maximum atomic E-state index is 5.79. The van der Waals surface area contributed by atoms with E-state index in [2.05, 4.69) is 38.6 Å². The molecule has 2 N–H and O–H groups in total. The first-order valence-corrected chi connectivity index (χ1v) is 7.16. The van der Waals surface area contributed by atoms with E-state index in [-0.39, 0.29) is 12.0 Å². The first-order chi connectivity index (χ1) is 9.51. The predicted octanol–water partition coefficient (Wildman–Crippen LogP) is 0.218. The summed E-state index contributed by atoms with van der Waals surface area (Å²) in [6, 6.07) is 0.165. The van der Waals surface area contributed by atoms with Gasteiger partial charge in [0.25, 0.3) is 0 Å². The third-order valence-electron chi connectivity index (χ3n) is 3.83. The van der Waals surface area contributed by atoms with E-state index in [1.807, 2.05) is 19.0 Å². The van der Waals surface area contributed by atoms with Gasteiger partial charge in [0.15, 0.2) is 5.82 Å². The maximum Gasteiger partial charge on any atom is 0.229 e. The lowest BCUT2D eigenvalue weighted by Crippen LogP contribution is -2.47. The maximum absolute atomic E-state index is 5.79. The van der Waals surface area contributed by atoms with Crippen LogP contribution in [0.1, 0.15) is 25.7 Å². The van der Waals surface area contributed by atoms with Crippen molar-refractivity contribution in [2.75, 3.05) is 57.5 Å². The van der Waals surface area contributed by atoms with Gasteiger partial charge in [0, 0.05) is 40.3 Å². The number of nitrogens with zero attached hydrogens (tertiary/aromatic N) is 6. The Bertz CT molecular complexity index is 440. The minimum Gasteiger partial charge on any atom is -0.368 e. The van der Waals surface area contributed by atoms with Gasteiger partial charge >= 0.3 is 0 Å². The highest BCUT2D eigenvalue weighted by molar-refractivity contribution is 5.33. The summed E-state index contributed by atoms with van der Waals surface area (Å²) in [5, 5.41) is 0. The molecule has 1 aromatic heterocycles. The summed E-state index contributed by atoms with van der Waals surface area (Å²) in [5.74, 6) is 1.66. The van der Waals surface area contributed by atoms with Crippen LogP contribution in [0.3, 0.4) is 0 Å². The van der Waals surface area contributed by atoms with E-state index in [9.17, 15) is 0 Å². The molecule has 0 aromatic carbocycles. The van der Waals surface area contributed by atoms with E-state index < -0.39 is 0 Å². The summed E-state index contributed by atoms with van der Waals surface area (Å²) in [6.45, 7) is 9.73. The molecule has 0 unspecified atom stereocenters. The van der Waals surface area contributed by atoms with Crippen molar-refractivity contribution in [2.45, 2.75) is 19.9 Å². The minimum absolute atomic E-state index is 0.165. The minimum atomic E-state index is 0.165. The van der Waals surface area contributed by atoms with Crippen LogP contribution in [-0.2, 0) is 0 Å². The third kappa shape index (κ3) is 3.34. The smallest absolute Gasteiger partial charge is 0.229 e. The lowest BCUT2D eigenvalue weighted by atomic mass is 10.2. The number of nitrogens with two attached hydrogens (primary N) is 1. The van der Waals surface area contributed by atoms with Gasteiger partial charge in [-0.25, -0.2) is 0 Å². The number of anilines is 2. The van der Waals surface area contributed by atoms with Gasteiger partial charge in [-0.05, 0) is 13.5 Å². The Morgan fingerprint density at radius 2 is 1.80 bits per heavy atom. The van der Waals surface area contributed by atoms with Gasteiger partial charge in [-0.1, -0.05) is 6.92 Å². The zero-order valence-electron chi connectivity index (χ0n) is 12.9. The highest BCUT2D eigenvalue weighted by Gasteiger charge is 2.24. The molecule has 0 bridgehead atoms. The van der Waals surface area contributed by atoms with Crippen LogP contribution < -0.4 is 10.6 Å². The number of rotatable bonds is 4. The standard InChI is InChI=1S/C13H25N7/c1-5-19-6-8-20(9-7-19)10(2)11-15-12(14)17-13(16-11)18(3)4/h10H,5-9H2,1-4H3,(H2,14,15,16,17)/t10-/m1/s1. The monoisotopic (exact) mass is 279 g/mol. The quantitative estimate of drug-likeness (QED) is 0.845. The topological polar surface area (TPSA) is 74.4 Å². The van der Waals surface area contributed by atoms with Crippen molar-refractivity contribution in [3.63, 3.8) is 0 Å². The van der Waals surface area contributed by atoms with E-state index in [4.69, 9.17) is 5.73 Å². The Kier molecular flexibility index (Phi) is 4.72. The molecule has 1 aliphatic heterocycles. The van der Waals surface area contributed by atoms with E-state index in [0.29, 0.717) is 5.95 Å². The molecule has 1 atom stereocenters. The highest BCUT2D eigenvalue weighted by atomic mass is 15.3. The number of hydrogen-bond acceptors (Lipinski definition) is 7. The Balaban J connectivity index is 2.11. The van der Waals surface area contributed by atoms with Gasteiger partial charge in [0.2, 0.25) is 11.9 Å². The average Bonchev–Trinajstić information content (AvgIpc) is 2.46. The number of hydrogen-bond donors (Lipinski definition) is 1. The van der Waals surface area contributed by atoms with Gasteiger partial charge in [-0.15, -0.1) is 0 Å². The second-order valence-electron chi connectivity index (χ2n) is 5.39. The second kappa shape index (κ2) is 6.32. The number of likely N-dealkylation sites (N-methyl/N-ethyl adjacent to an activating group) is 1. The van der Waals surface area contributed by atoms with Crippen LogP contribution in [0.5, 0.6) is 0 Å². The first-order valence-electron chi connectivity index (χ1n) is 7.16. The van der Waals surface area contributed by atoms with Crippen LogP contribution in [0.4, 0.5) is 11.9 Å². The summed E-state index contributed by atoms with van der Waals surface area (Å²) >= 11 is 0. The van der Waals surface area contributed by atoms with Crippen LogP contribution in [0, 0.1) is 0 Å². The summed E-state index contributed by atoms with van der Waals surface area (Å²) in [5.41, 5.74) is 5.79.